The van der Waals surface area contributed by atoms with E-state index >= 15 is 0 Å². The zero-order chi connectivity index (χ0) is 18.7. The molecule has 0 spiro atoms. The molecule has 3 atom stereocenters. The van der Waals surface area contributed by atoms with Gasteiger partial charge in [-0.1, -0.05) is 42.1 Å². The lowest BCUT2D eigenvalue weighted by Crippen LogP contribution is -2.52. The number of likely N-dealkylation sites (tertiary alicyclic amines) is 1. The molecule has 0 N–H and O–H groups in total. The van der Waals surface area contributed by atoms with Crippen molar-refractivity contribution in [1.82, 2.24) is 9.80 Å². The van der Waals surface area contributed by atoms with Gasteiger partial charge in [-0.05, 0) is 50.9 Å². The molecule has 0 aromatic heterocycles. The first kappa shape index (κ1) is 19.8. The van der Waals surface area contributed by atoms with Crippen LogP contribution in [0.4, 0.5) is 0 Å². The minimum atomic E-state index is -0.562. The second-order valence-corrected chi connectivity index (χ2v) is 8.40. The van der Waals surface area contributed by atoms with Crippen molar-refractivity contribution >= 4 is 29.1 Å². The maximum absolute atomic E-state index is 13.0. The Labute approximate surface area is 166 Å². The van der Waals surface area contributed by atoms with E-state index in [1.54, 1.807) is 37.2 Å². The van der Waals surface area contributed by atoms with Crippen molar-refractivity contribution in [3.63, 3.8) is 0 Å². The van der Waals surface area contributed by atoms with Crippen LogP contribution in [0.2, 0.25) is 10.0 Å². The van der Waals surface area contributed by atoms with Gasteiger partial charge in [-0.2, -0.15) is 0 Å². The molecule has 3 unspecified atom stereocenters. The van der Waals surface area contributed by atoms with Crippen LogP contribution in [0.25, 0.3) is 0 Å². The Morgan fingerprint density at radius 2 is 1.73 bits per heavy atom. The third-order valence-electron chi connectivity index (χ3n) is 5.63. The molecule has 1 heterocycles. The molecule has 1 saturated heterocycles. The summed E-state index contributed by atoms with van der Waals surface area (Å²) in [7, 11) is 3.56. The largest absolute Gasteiger partial charge is 0.477 e. The van der Waals surface area contributed by atoms with Gasteiger partial charge in [0.15, 0.2) is 11.9 Å². The Morgan fingerprint density at radius 1 is 1.12 bits per heavy atom. The summed E-state index contributed by atoms with van der Waals surface area (Å²) in [6.45, 7) is 2.24. The number of benzene rings is 1. The van der Waals surface area contributed by atoms with Crippen LogP contribution in [0.15, 0.2) is 18.2 Å². The van der Waals surface area contributed by atoms with Gasteiger partial charge in [0.25, 0.3) is 5.91 Å². The zero-order valence-corrected chi connectivity index (χ0v) is 17.1. The molecule has 1 amide bonds. The summed E-state index contributed by atoms with van der Waals surface area (Å²) >= 11 is 12.6. The monoisotopic (exact) mass is 398 g/mol. The Bertz CT molecular complexity index is 612. The molecule has 1 aromatic carbocycles. The lowest BCUT2D eigenvalue weighted by molar-refractivity contribution is -0.140. The Hall–Kier alpha value is -0.970. The van der Waals surface area contributed by atoms with Crippen LogP contribution in [0.5, 0.6) is 5.75 Å². The van der Waals surface area contributed by atoms with Gasteiger partial charge in [0.1, 0.15) is 0 Å². The maximum Gasteiger partial charge on any atom is 0.263 e. The second-order valence-electron chi connectivity index (χ2n) is 7.58. The van der Waals surface area contributed by atoms with Crippen LogP contribution < -0.4 is 4.74 Å². The predicted octanol–water partition coefficient (Wildman–Crippen LogP) is 4.48. The first-order valence-corrected chi connectivity index (χ1v) is 10.3. The average molecular weight is 399 g/mol. The van der Waals surface area contributed by atoms with E-state index < -0.39 is 6.10 Å². The van der Waals surface area contributed by atoms with Crippen LogP contribution in [-0.4, -0.2) is 55.0 Å². The van der Waals surface area contributed by atoms with Gasteiger partial charge in [0.2, 0.25) is 0 Å². The first-order chi connectivity index (χ1) is 12.5. The van der Waals surface area contributed by atoms with Crippen LogP contribution in [-0.2, 0) is 4.79 Å². The summed E-state index contributed by atoms with van der Waals surface area (Å²) in [5, 5.41) is 0.894. The number of hydrogen-bond acceptors (Lipinski definition) is 3. The van der Waals surface area contributed by atoms with Gasteiger partial charge in [-0.25, -0.2) is 0 Å². The molecule has 3 rings (SSSR count). The van der Waals surface area contributed by atoms with Crippen molar-refractivity contribution in [1.29, 1.82) is 0 Å². The molecule has 1 saturated carbocycles. The Balaban J connectivity index is 1.90. The first-order valence-electron chi connectivity index (χ1n) is 9.55. The van der Waals surface area contributed by atoms with Crippen LogP contribution in [0.3, 0.4) is 0 Å². The molecule has 26 heavy (non-hydrogen) atoms. The van der Waals surface area contributed by atoms with E-state index in [1.807, 2.05) is 0 Å². The standard InChI is InChI=1S/C20H28Cl2N2O2/c1-23(2)20(25)18(26-19-15(21)9-7-10-16(19)22)14-8-3-4-11-17(14)24-12-5-6-13-24/h7,9-10,14,17-18H,3-6,8,11-13H2,1-2H3. The Morgan fingerprint density at radius 3 is 2.35 bits per heavy atom. The summed E-state index contributed by atoms with van der Waals surface area (Å²) in [5.74, 6) is 0.558. The number of nitrogens with zero attached hydrogens (tertiary/aromatic N) is 2. The zero-order valence-electron chi connectivity index (χ0n) is 15.6. The number of hydrogen-bond donors (Lipinski definition) is 0. The minimum Gasteiger partial charge on any atom is -0.477 e. The van der Waals surface area contributed by atoms with Gasteiger partial charge in [0.05, 0.1) is 10.0 Å². The number of likely N-dealkylation sites (N-methyl/N-ethyl adjacent to an activating group) is 1. The third kappa shape index (κ3) is 4.29. The van der Waals surface area contributed by atoms with Gasteiger partial charge in [-0.15, -0.1) is 0 Å². The van der Waals surface area contributed by atoms with Crippen LogP contribution in [0.1, 0.15) is 38.5 Å². The number of ether oxygens (including phenoxy) is 1. The highest BCUT2D eigenvalue weighted by Crippen LogP contribution is 2.38. The molecule has 2 fully saturated rings. The molecule has 1 aliphatic carbocycles. The van der Waals surface area contributed by atoms with Crippen molar-refractivity contribution in [2.24, 2.45) is 5.92 Å². The number of amides is 1. The molecule has 4 nitrogen and oxygen atoms in total. The van der Waals surface area contributed by atoms with E-state index in [4.69, 9.17) is 27.9 Å². The molecule has 6 heteroatoms. The van der Waals surface area contributed by atoms with E-state index in [-0.39, 0.29) is 11.8 Å². The number of halogens is 2. The molecular weight excluding hydrogens is 371 g/mol. The van der Waals surface area contributed by atoms with Gasteiger partial charge in [0, 0.05) is 26.1 Å². The minimum absolute atomic E-state index is 0.0166. The summed E-state index contributed by atoms with van der Waals surface area (Å²) in [6.07, 6.45) is 6.39. The van der Waals surface area contributed by atoms with Crippen molar-refractivity contribution in [3.05, 3.63) is 28.2 Å². The summed E-state index contributed by atoms with van der Waals surface area (Å²) in [4.78, 5) is 17.2. The van der Waals surface area contributed by atoms with Crippen LogP contribution >= 0.6 is 23.2 Å². The molecular formula is C20H28Cl2N2O2. The average Bonchev–Trinajstić information content (AvgIpc) is 3.15. The summed E-state index contributed by atoms with van der Waals surface area (Å²) in [5.41, 5.74) is 0. The second kappa shape index (κ2) is 8.81. The van der Waals surface area contributed by atoms with Crippen molar-refractivity contribution in [2.75, 3.05) is 27.2 Å². The summed E-state index contributed by atoms with van der Waals surface area (Å²) < 4.78 is 6.25. The highest BCUT2D eigenvalue weighted by atomic mass is 35.5. The van der Waals surface area contributed by atoms with E-state index in [0.29, 0.717) is 21.8 Å². The Kier molecular flexibility index (Phi) is 6.70. The van der Waals surface area contributed by atoms with E-state index in [9.17, 15) is 4.79 Å². The van der Waals surface area contributed by atoms with E-state index in [2.05, 4.69) is 4.90 Å². The fraction of sp³-hybridized carbons (Fsp3) is 0.650. The topological polar surface area (TPSA) is 32.8 Å². The highest BCUT2D eigenvalue weighted by molar-refractivity contribution is 6.37. The molecule has 1 aliphatic heterocycles. The van der Waals surface area contributed by atoms with E-state index in [0.717, 1.165) is 32.4 Å². The SMILES string of the molecule is CN(C)C(=O)C(Oc1c(Cl)cccc1Cl)C1CCCCC1N1CCCC1. The molecule has 1 aromatic rings. The van der Waals surface area contributed by atoms with Crippen molar-refractivity contribution < 1.29 is 9.53 Å². The third-order valence-corrected chi connectivity index (χ3v) is 6.22. The quantitative estimate of drug-likeness (QED) is 0.732. The molecule has 0 bridgehead atoms. The van der Waals surface area contributed by atoms with Crippen molar-refractivity contribution in [3.8, 4) is 5.75 Å². The number of carbonyl (C=O) groups excluding carboxylic acids is 1. The fourth-order valence-electron chi connectivity index (χ4n) is 4.32. The van der Waals surface area contributed by atoms with Gasteiger partial charge < -0.3 is 9.64 Å². The molecule has 2 aliphatic rings. The van der Waals surface area contributed by atoms with Gasteiger partial charge >= 0.3 is 0 Å². The lowest BCUT2D eigenvalue weighted by atomic mass is 9.79. The normalized spacial score (nSPS) is 25.1. The molecule has 0 radical (unpaired) electrons. The lowest BCUT2D eigenvalue weighted by Gasteiger charge is -2.41. The summed E-state index contributed by atoms with van der Waals surface area (Å²) in [6, 6.07) is 5.67. The number of carbonyl (C=O) groups is 1. The van der Waals surface area contributed by atoms with Gasteiger partial charge in [-0.3, -0.25) is 9.69 Å². The fourth-order valence-corrected chi connectivity index (χ4v) is 4.80. The number of rotatable bonds is 5. The number of para-hydroxylation sites is 1. The maximum atomic E-state index is 13.0. The smallest absolute Gasteiger partial charge is 0.263 e. The van der Waals surface area contributed by atoms with Crippen LogP contribution in [0, 0.1) is 5.92 Å². The van der Waals surface area contributed by atoms with E-state index in [1.165, 1.54) is 19.3 Å². The predicted molar refractivity (Wildman–Crippen MR) is 106 cm³/mol. The highest BCUT2D eigenvalue weighted by Gasteiger charge is 2.41. The molecule has 144 valence electrons. The van der Waals surface area contributed by atoms with Crippen molar-refractivity contribution in [2.45, 2.75) is 50.7 Å².